The summed E-state index contributed by atoms with van der Waals surface area (Å²) >= 11 is 0. The first-order valence-electron chi connectivity index (χ1n) is 5.50. The van der Waals surface area contributed by atoms with Gasteiger partial charge in [-0.25, -0.2) is 4.98 Å². The van der Waals surface area contributed by atoms with Gasteiger partial charge >= 0.3 is 0 Å². The van der Waals surface area contributed by atoms with Gasteiger partial charge in [-0.15, -0.1) is 0 Å². The van der Waals surface area contributed by atoms with E-state index in [1.807, 2.05) is 24.3 Å². The molecule has 0 bridgehead atoms. The maximum Gasteiger partial charge on any atom is 0.137 e. The second kappa shape index (κ2) is 5.45. The quantitative estimate of drug-likeness (QED) is 0.836. The number of hydrogen-bond acceptors (Lipinski definition) is 4. The third kappa shape index (κ3) is 2.62. The zero-order chi connectivity index (χ0) is 12.1. The Hall–Kier alpha value is -1.88. The van der Waals surface area contributed by atoms with Crippen molar-refractivity contribution in [3.05, 3.63) is 42.5 Å². The molecule has 1 unspecified atom stereocenters. The summed E-state index contributed by atoms with van der Waals surface area (Å²) < 4.78 is 7.13. The predicted molar refractivity (Wildman–Crippen MR) is 64.8 cm³/mol. The number of methoxy groups -OCH3 is 1. The molecule has 0 radical (unpaired) electrons. The van der Waals surface area contributed by atoms with Crippen LogP contribution in [0.4, 0.5) is 0 Å². The molecule has 1 aromatic carbocycles. The van der Waals surface area contributed by atoms with Crippen molar-refractivity contribution in [3.63, 3.8) is 0 Å². The Morgan fingerprint density at radius 1 is 1.41 bits per heavy atom. The highest BCUT2D eigenvalue weighted by atomic mass is 16.5. The molecule has 1 aromatic heterocycles. The fourth-order valence-electron chi connectivity index (χ4n) is 1.86. The van der Waals surface area contributed by atoms with Crippen LogP contribution in [0.25, 0.3) is 0 Å². The summed E-state index contributed by atoms with van der Waals surface area (Å²) in [4.78, 5) is 3.93. The van der Waals surface area contributed by atoms with E-state index in [1.54, 1.807) is 18.1 Å². The van der Waals surface area contributed by atoms with Gasteiger partial charge in [-0.05, 0) is 6.07 Å². The van der Waals surface area contributed by atoms with Gasteiger partial charge in [0.15, 0.2) is 0 Å². The van der Waals surface area contributed by atoms with E-state index < -0.39 is 0 Å². The maximum atomic E-state index is 5.83. The molecule has 1 atom stereocenters. The van der Waals surface area contributed by atoms with E-state index in [4.69, 9.17) is 10.5 Å². The lowest BCUT2D eigenvalue weighted by atomic mass is 9.98. The van der Waals surface area contributed by atoms with Crippen molar-refractivity contribution in [2.75, 3.05) is 13.7 Å². The zero-order valence-electron chi connectivity index (χ0n) is 9.78. The number of nitrogens with zero attached hydrogens (tertiary/aromatic N) is 3. The molecule has 2 rings (SSSR count). The van der Waals surface area contributed by atoms with Crippen LogP contribution in [0.2, 0.25) is 0 Å². The molecular weight excluding hydrogens is 216 g/mol. The van der Waals surface area contributed by atoms with Crippen LogP contribution in [-0.2, 0) is 6.54 Å². The highest BCUT2D eigenvalue weighted by Crippen LogP contribution is 2.26. The highest BCUT2D eigenvalue weighted by Gasteiger charge is 2.15. The fraction of sp³-hybridized carbons (Fsp3) is 0.333. The lowest BCUT2D eigenvalue weighted by molar-refractivity contribution is 0.400. The molecule has 1 heterocycles. The van der Waals surface area contributed by atoms with E-state index in [0.29, 0.717) is 13.1 Å². The van der Waals surface area contributed by atoms with Crippen molar-refractivity contribution in [1.29, 1.82) is 0 Å². The van der Waals surface area contributed by atoms with Gasteiger partial charge < -0.3 is 10.5 Å². The second-order valence-corrected chi connectivity index (χ2v) is 3.79. The summed E-state index contributed by atoms with van der Waals surface area (Å²) in [5, 5.41) is 4.09. The van der Waals surface area contributed by atoms with Crippen molar-refractivity contribution in [3.8, 4) is 5.75 Å². The minimum absolute atomic E-state index is 0.174. The van der Waals surface area contributed by atoms with E-state index in [2.05, 4.69) is 10.1 Å². The molecule has 0 saturated carbocycles. The molecule has 90 valence electrons. The third-order valence-corrected chi connectivity index (χ3v) is 2.74. The fourth-order valence-corrected chi connectivity index (χ4v) is 1.86. The van der Waals surface area contributed by atoms with E-state index in [0.717, 1.165) is 11.3 Å². The second-order valence-electron chi connectivity index (χ2n) is 3.79. The van der Waals surface area contributed by atoms with E-state index in [-0.39, 0.29) is 5.92 Å². The van der Waals surface area contributed by atoms with Gasteiger partial charge in [-0.1, -0.05) is 18.2 Å². The molecule has 0 aliphatic heterocycles. The van der Waals surface area contributed by atoms with Crippen LogP contribution in [-0.4, -0.2) is 28.4 Å². The van der Waals surface area contributed by atoms with Gasteiger partial charge in [0.2, 0.25) is 0 Å². The number of nitrogens with two attached hydrogens (primary N) is 1. The molecule has 2 N–H and O–H groups in total. The molecule has 5 heteroatoms. The van der Waals surface area contributed by atoms with Gasteiger partial charge in [0.25, 0.3) is 0 Å². The summed E-state index contributed by atoms with van der Waals surface area (Å²) in [5.41, 5.74) is 6.93. The standard InChI is InChI=1S/C12H16N4O/c1-17-12-5-3-2-4-11(12)10(6-13)7-16-9-14-8-15-16/h2-5,8-10H,6-7,13H2,1H3. The molecular formula is C12H16N4O. The van der Waals surface area contributed by atoms with Gasteiger partial charge in [0.05, 0.1) is 13.7 Å². The molecule has 0 saturated heterocycles. The minimum atomic E-state index is 0.174. The number of para-hydroxylation sites is 1. The molecule has 0 aliphatic carbocycles. The van der Waals surface area contributed by atoms with Crippen LogP contribution in [0.3, 0.4) is 0 Å². The monoisotopic (exact) mass is 232 g/mol. The van der Waals surface area contributed by atoms with E-state index in [9.17, 15) is 0 Å². The average molecular weight is 232 g/mol. The number of hydrogen-bond donors (Lipinski definition) is 1. The van der Waals surface area contributed by atoms with Crippen molar-refractivity contribution >= 4 is 0 Å². The summed E-state index contributed by atoms with van der Waals surface area (Å²) in [5.74, 6) is 1.04. The van der Waals surface area contributed by atoms with E-state index >= 15 is 0 Å². The normalized spacial score (nSPS) is 12.4. The molecule has 0 fully saturated rings. The maximum absolute atomic E-state index is 5.83. The summed E-state index contributed by atoms with van der Waals surface area (Å²) in [7, 11) is 1.67. The molecule has 0 amide bonds. The Morgan fingerprint density at radius 3 is 2.88 bits per heavy atom. The number of ether oxygens (including phenoxy) is 1. The van der Waals surface area contributed by atoms with Gasteiger partial charge in [0.1, 0.15) is 18.4 Å². The summed E-state index contributed by atoms with van der Waals surface area (Å²) in [6.45, 7) is 1.25. The lowest BCUT2D eigenvalue weighted by Crippen LogP contribution is -2.19. The van der Waals surface area contributed by atoms with Gasteiger partial charge in [0, 0.05) is 18.0 Å². The Morgan fingerprint density at radius 2 is 2.24 bits per heavy atom. The Bertz CT molecular complexity index is 455. The molecule has 5 nitrogen and oxygen atoms in total. The van der Waals surface area contributed by atoms with Crippen LogP contribution >= 0.6 is 0 Å². The first kappa shape index (κ1) is 11.6. The number of aromatic nitrogens is 3. The largest absolute Gasteiger partial charge is 0.496 e. The smallest absolute Gasteiger partial charge is 0.137 e. The van der Waals surface area contributed by atoms with Crippen molar-refractivity contribution in [2.24, 2.45) is 5.73 Å². The van der Waals surface area contributed by atoms with Crippen LogP contribution in [0.15, 0.2) is 36.9 Å². The molecule has 17 heavy (non-hydrogen) atoms. The van der Waals surface area contributed by atoms with E-state index in [1.165, 1.54) is 6.33 Å². The SMILES string of the molecule is COc1ccccc1C(CN)Cn1cncn1. The Kier molecular flexibility index (Phi) is 3.72. The first-order valence-corrected chi connectivity index (χ1v) is 5.50. The zero-order valence-corrected chi connectivity index (χ0v) is 9.78. The number of benzene rings is 1. The van der Waals surface area contributed by atoms with Crippen molar-refractivity contribution < 1.29 is 4.74 Å². The topological polar surface area (TPSA) is 66.0 Å². The molecule has 0 aliphatic rings. The van der Waals surface area contributed by atoms with Crippen LogP contribution < -0.4 is 10.5 Å². The Labute approximate surface area is 100 Å². The minimum Gasteiger partial charge on any atom is -0.496 e. The predicted octanol–water partition coefficient (Wildman–Crippen LogP) is 1.03. The first-order chi connectivity index (χ1) is 8.35. The Balaban J connectivity index is 2.22. The van der Waals surface area contributed by atoms with Crippen molar-refractivity contribution in [1.82, 2.24) is 14.8 Å². The van der Waals surface area contributed by atoms with Crippen molar-refractivity contribution in [2.45, 2.75) is 12.5 Å². The average Bonchev–Trinajstić information content (AvgIpc) is 2.89. The number of rotatable bonds is 5. The summed E-state index contributed by atoms with van der Waals surface area (Å²) in [6, 6.07) is 7.92. The van der Waals surface area contributed by atoms with Crippen LogP contribution in [0, 0.1) is 0 Å². The van der Waals surface area contributed by atoms with Crippen LogP contribution in [0.5, 0.6) is 5.75 Å². The lowest BCUT2D eigenvalue weighted by Gasteiger charge is -2.17. The third-order valence-electron chi connectivity index (χ3n) is 2.74. The highest BCUT2D eigenvalue weighted by molar-refractivity contribution is 5.36. The molecule has 0 spiro atoms. The van der Waals surface area contributed by atoms with Crippen LogP contribution in [0.1, 0.15) is 11.5 Å². The van der Waals surface area contributed by atoms with Gasteiger partial charge in [-0.2, -0.15) is 5.10 Å². The van der Waals surface area contributed by atoms with Gasteiger partial charge in [-0.3, -0.25) is 4.68 Å². The molecule has 2 aromatic rings. The summed E-state index contributed by atoms with van der Waals surface area (Å²) in [6.07, 6.45) is 3.22.